The van der Waals surface area contributed by atoms with Gasteiger partial charge in [-0.25, -0.2) is 0 Å². The Morgan fingerprint density at radius 2 is 2.21 bits per heavy atom. The molecule has 1 unspecified atom stereocenters. The summed E-state index contributed by atoms with van der Waals surface area (Å²) in [4.78, 5) is 10.3. The van der Waals surface area contributed by atoms with Crippen molar-refractivity contribution < 1.29 is 19.7 Å². The number of rotatable bonds is 8. The van der Waals surface area contributed by atoms with Crippen LogP contribution in [-0.4, -0.2) is 53.0 Å². The molecule has 5 nitrogen and oxygen atoms in total. The molecule has 0 fully saturated rings. The van der Waals surface area contributed by atoms with E-state index < -0.39 is 18.1 Å². The Hall–Kier alpha value is -0.300. The van der Waals surface area contributed by atoms with Crippen molar-refractivity contribution in [2.75, 3.05) is 24.7 Å². The van der Waals surface area contributed by atoms with Crippen LogP contribution < -0.4 is 5.73 Å². The number of hydrogen-bond donors (Lipinski definition) is 3. The molecule has 0 radical (unpaired) electrons. The van der Waals surface area contributed by atoms with Crippen LogP contribution in [0.3, 0.4) is 0 Å². The number of nitrogens with two attached hydrogens (primary N) is 1. The third kappa shape index (κ3) is 7.14. The van der Waals surface area contributed by atoms with E-state index in [1.54, 1.807) is 0 Å². The first kappa shape index (κ1) is 13.7. The van der Waals surface area contributed by atoms with Crippen LogP contribution in [0, 0.1) is 0 Å². The lowest BCUT2D eigenvalue weighted by Gasteiger charge is -2.11. The predicted molar refractivity (Wildman–Crippen MR) is 55.4 cm³/mol. The van der Waals surface area contributed by atoms with Crippen molar-refractivity contribution in [3.63, 3.8) is 0 Å². The molecule has 0 rings (SSSR count). The van der Waals surface area contributed by atoms with Gasteiger partial charge in [-0.3, -0.25) is 4.79 Å². The summed E-state index contributed by atoms with van der Waals surface area (Å²) in [5, 5.41) is 17.8. The van der Waals surface area contributed by atoms with E-state index in [1.165, 1.54) is 11.8 Å². The highest BCUT2D eigenvalue weighted by Crippen LogP contribution is 2.05. The smallest absolute Gasteiger partial charge is 0.321 e. The van der Waals surface area contributed by atoms with E-state index in [-0.39, 0.29) is 6.61 Å². The molecule has 0 aliphatic rings. The van der Waals surface area contributed by atoms with Crippen molar-refractivity contribution in [1.82, 2.24) is 0 Å². The average molecular weight is 223 g/mol. The molecule has 84 valence electrons. The van der Waals surface area contributed by atoms with Crippen LogP contribution in [-0.2, 0) is 9.53 Å². The fourth-order valence-corrected chi connectivity index (χ4v) is 1.61. The molecule has 6 heteroatoms. The van der Waals surface area contributed by atoms with Crippen molar-refractivity contribution in [3.8, 4) is 0 Å². The zero-order valence-electron chi connectivity index (χ0n) is 8.18. The molecule has 0 spiro atoms. The summed E-state index contributed by atoms with van der Waals surface area (Å²) in [6.45, 7) is 2.70. The number of hydrogen-bond acceptors (Lipinski definition) is 5. The van der Waals surface area contributed by atoms with Crippen LogP contribution in [0.1, 0.15) is 6.92 Å². The second-order valence-corrected chi connectivity index (χ2v) is 3.87. The molecule has 0 bridgehead atoms. The van der Waals surface area contributed by atoms with Gasteiger partial charge in [0, 0.05) is 18.1 Å². The highest BCUT2D eigenvalue weighted by Gasteiger charge is 2.12. The second kappa shape index (κ2) is 8.05. The van der Waals surface area contributed by atoms with Crippen LogP contribution in [0.15, 0.2) is 0 Å². The number of aliphatic hydroxyl groups is 1. The van der Waals surface area contributed by atoms with E-state index in [4.69, 9.17) is 15.6 Å². The zero-order chi connectivity index (χ0) is 11.0. The lowest BCUT2D eigenvalue weighted by atomic mass is 10.4. The first-order chi connectivity index (χ1) is 6.57. The molecule has 2 atom stereocenters. The van der Waals surface area contributed by atoms with Gasteiger partial charge in [-0.2, -0.15) is 11.8 Å². The number of carboxylic acids is 1. The number of carboxylic acid groups (broad SMARTS) is 1. The van der Waals surface area contributed by atoms with Crippen molar-refractivity contribution in [3.05, 3.63) is 0 Å². The molecule has 0 aromatic heterocycles. The SMILES string of the molecule is CCOCC(O)CSC[C@@H](N)C(=O)O. The average Bonchev–Trinajstić information content (AvgIpc) is 2.14. The van der Waals surface area contributed by atoms with Crippen molar-refractivity contribution in [2.24, 2.45) is 5.73 Å². The van der Waals surface area contributed by atoms with E-state index >= 15 is 0 Å². The molecule has 14 heavy (non-hydrogen) atoms. The second-order valence-electron chi connectivity index (χ2n) is 2.80. The molecule has 0 saturated heterocycles. The van der Waals surface area contributed by atoms with Gasteiger partial charge in [0.2, 0.25) is 0 Å². The van der Waals surface area contributed by atoms with E-state index in [2.05, 4.69) is 0 Å². The Balaban J connectivity index is 3.39. The number of carbonyl (C=O) groups is 1. The number of thioether (sulfide) groups is 1. The molecule has 0 aliphatic heterocycles. The van der Waals surface area contributed by atoms with E-state index in [0.29, 0.717) is 18.1 Å². The third-order valence-electron chi connectivity index (χ3n) is 1.44. The van der Waals surface area contributed by atoms with Gasteiger partial charge in [0.05, 0.1) is 12.7 Å². The summed E-state index contributed by atoms with van der Waals surface area (Å²) in [6, 6.07) is -0.862. The summed E-state index contributed by atoms with van der Waals surface area (Å²) >= 11 is 1.31. The highest BCUT2D eigenvalue weighted by molar-refractivity contribution is 7.99. The van der Waals surface area contributed by atoms with Crippen LogP contribution >= 0.6 is 11.8 Å². The Morgan fingerprint density at radius 3 is 2.71 bits per heavy atom. The molecule has 0 aliphatic carbocycles. The minimum Gasteiger partial charge on any atom is -0.480 e. The van der Waals surface area contributed by atoms with E-state index in [1.807, 2.05) is 6.92 Å². The third-order valence-corrected chi connectivity index (χ3v) is 2.65. The lowest BCUT2D eigenvalue weighted by molar-refractivity contribution is -0.137. The Bertz CT molecular complexity index is 167. The summed E-state index contributed by atoms with van der Waals surface area (Å²) in [7, 11) is 0. The molecule has 0 heterocycles. The van der Waals surface area contributed by atoms with E-state index in [9.17, 15) is 9.90 Å². The quantitative estimate of drug-likeness (QED) is 0.515. The summed E-state index contributed by atoms with van der Waals surface area (Å²) in [5.41, 5.74) is 5.27. The van der Waals surface area contributed by atoms with Gasteiger partial charge < -0.3 is 20.7 Å². The number of ether oxygens (including phenoxy) is 1. The Kier molecular flexibility index (Phi) is 7.87. The lowest BCUT2D eigenvalue weighted by Crippen LogP contribution is -2.33. The van der Waals surface area contributed by atoms with Gasteiger partial charge >= 0.3 is 5.97 Å². The fraction of sp³-hybridized carbons (Fsp3) is 0.875. The molecular weight excluding hydrogens is 206 g/mol. The zero-order valence-corrected chi connectivity index (χ0v) is 9.00. The number of aliphatic carboxylic acids is 1. The largest absolute Gasteiger partial charge is 0.480 e. The van der Waals surface area contributed by atoms with Crippen LogP contribution in [0.25, 0.3) is 0 Å². The van der Waals surface area contributed by atoms with Gasteiger partial charge in [0.1, 0.15) is 6.04 Å². The maximum atomic E-state index is 10.3. The maximum Gasteiger partial charge on any atom is 0.321 e. The monoisotopic (exact) mass is 223 g/mol. The summed E-state index contributed by atoms with van der Waals surface area (Å²) < 4.78 is 4.99. The molecule has 0 aromatic carbocycles. The standard InChI is InChI=1S/C8H17NO4S/c1-2-13-3-6(10)4-14-5-7(9)8(11)12/h6-7,10H,2-5,9H2,1H3,(H,11,12)/t6?,7-/m1/s1. The maximum absolute atomic E-state index is 10.3. The first-order valence-corrected chi connectivity index (χ1v) is 5.55. The Labute approximate surface area is 87.6 Å². The normalized spacial score (nSPS) is 15.1. The van der Waals surface area contributed by atoms with Gasteiger partial charge in [0.25, 0.3) is 0 Å². The molecule has 0 saturated carbocycles. The van der Waals surface area contributed by atoms with E-state index in [0.717, 1.165) is 0 Å². The first-order valence-electron chi connectivity index (χ1n) is 4.39. The minimum atomic E-state index is -1.02. The van der Waals surface area contributed by atoms with Crippen molar-refractivity contribution >= 4 is 17.7 Å². The molecule has 0 amide bonds. The van der Waals surface area contributed by atoms with Gasteiger partial charge in [-0.15, -0.1) is 0 Å². The van der Waals surface area contributed by atoms with Gasteiger partial charge in [0.15, 0.2) is 0 Å². The van der Waals surface area contributed by atoms with Gasteiger partial charge in [-0.1, -0.05) is 0 Å². The van der Waals surface area contributed by atoms with Crippen molar-refractivity contribution in [2.45, 2.75) is 19.1 Å². The molecule has 0 aromatic rings. The molecule has 4 N–H and O–H groups in total. The number of aliphatic hydroxyl groups excluding tert-OH is 1. The fourth-order valence-electron chi connectivity index (χ4n) is 0.704. The van der Waals surface area contributed by atoms with Crippen LogP contribution in [0.2, 0.25) is 0 Å². The molecular formula is C8H17NO4S. The minimum absolute atomic E-state index is 0.284. The highest BCUT2D eigenvalue weighted by atomic mass is 32.2. The summed E-state index contributed by atoms with van der Waals surface area (Å²) in [6.07, 6.45) is -0.555. The predicted octanol–water partition coefficient (Wildman–Crippen LogP) is -0.471. The Morgan fingerprint density at radius 1 is 1.57 bits per heavy atom. The van der Waals surface area contributed by atoms with Crippen LogP contribution in [0.4, 0.5) is 0 Å². The van der Waals surface area contributed by atoms with Crippen molar-refractivity contribution in [1.29, 1.82) is 0 Å². The summed E-state index contributed by atoms with van der Waals surface area (Å²) in [5.74, 6) is -0.267. The van der Waals surface area contributed by atoms with Gasteiger partial charge in [-0.05, 0) is 6.92 Å². The van der Waals surface area contributed by atoms with Crippen LogP contribution in [0.5, 0.6) is 0 Å². The topological polar surface area (TPSA) is 92.8 Å².